The van der Waals surface area contributed by atoms with Crippen molar-refractivity contribution < 1.29 is 18.0 Å². The van der Waals surface area contributed by atoms with Crippen molar-refractivity contribution in [2.45, 2.75) is 57.1 Å². The maximum absolute atomic E-state index is 13.4. The summed E-state index contributed by atoms with van der Waals surface area (Å²) in [7, 11) is -3.70. The first-order valence-corrected chi connectivity index (χ1v) is 14.3. The third-order valence-electron chi connectivity index (χ3n) is 6.39. The van der Waals surface area contributed by atoms with Crippen LogP contribution in [-0.4, -0.2) is 43.8 Å². The van der Waals surface area contributed by atoms with Gasteiger partial charge in [-0.1, -0.05) is 53.5 Å². The molecule has 2 amide bonds. The van der Waals surface area contributed by atoms with E-state index < -0.39 is 16.1 Å². The molecule has 0 spiro atoms. The van der Waals surface area contributed by atoms with Gasteiger partial charge in [0.15, 0.2) is 0 Å². The van der Waals surface area contributed by atoms with Gasteiger partial charge in [0.2, 0.25) is 11.8 Å². The number of rotatable bonds is 9. The number of amides is 2. The first-order valence-electron chi connectivity index (χ1n) is 12.1. The van der Waals surface area contributed by atoms with Gasteiger partial charge in [-0.25, -0.2) is 8.42 Å². The van der Waals surface area contributed by atoms with Gasteiger partial charge in [0.05, 0.1) is 10.6 Å². The number of sulfonamides is 1. The van der Waals surface area contributed by atoms with Gasteiger partial charge in [0.1, 0.15) is 6.04 Å². The molecule has 3 aromatic carbocycles. The van der Waals surface area contributed by atoms with Crippen LogP contribution in [0.1, 0.15) is 39.2 Å². The Balaban J connectivity index is 1.51. The number of hydrogen-bond acceptors (Lipinski definition) is 4. The first kappa shape index (κ1) is 27.2. The third-order valence-corrected chi connectivity index (χ3v) is 8.83. The minimum Gasteiger partial charge on any atom is -0.352 e. The molecular weight excluding hydrogens is 533 g/mol. The molecule has 1 aliphatic heterocycles. The van der Waals surface area contributed by atoms with Gasteiger partial charge in [-0.15, -0.1) is 0 Å². The Morgan fingerprint density at radius 3 is 2.41 bits per heavy atom. The highest BCUT2D eigenvalue weighted by Gasteiger charge is 2.35. The van der Waals surface area contributed by atoms with Crippen molar-refractivity contribution in [1.29, 1.82) is 0 Å². The van der Waals surface area contributed by atoms with Gasteiger partial charge in [0, 0.05) is 41.0 Å². The van der Waals surface area contributed by atoms with E-state index in [1.54, 1.807) is 43.3 Å². The molecule has 0 bridgehead atoms. The molecule has 1 atom stereocenters. The Morgan fingerprint density at radius 1 is 1.03 bits per heavy atom. The Bertz CT molecular complexity index is 1450. The van der Waals surface area contributed by atoms with Crippen LogP contribution in [0.4, 0.5) is 5.69 Å². The largest absolute Gasteiger partial charge is 0.352 e. The topological polar surface area (TPSA) is 86.8 Å². The summed E-state index contributed by atoms with van der Waals surface area (Å²) in [6, 6.07) is 14.9. The average molecular weight is 563 g/mol. The van der Waals surface area contributed by atoms with Crippen molar-refractivity contribution in [2.24, 2.45) is 0 Å². The van der Waals surface area contributed by atoms with Crippen LogP contribution in [-0.2, 0) is 26.2 Å². The zero-order chi connectivity index (χ0) is 26.9. The fourth-order valence-electron chi connectivity index (χ4n) is 4.54. The van der Waals surface area contributed by atoms with Gasteiger partial charge in [-0.05, 0) is 62.4 Å². The van der Waals surface area contributed by atoms with E-state index in [1.165, 1.54) is 9.21 Å². The second-order valence-corrected chi connectivity index (χ2v) is 12.1. The fourth-order valence-corrected chi connectivity index (χ4v) is 6.75. The average Bonchev–Trinajstić information content (AvgIpc) is 3.06. The van der Waals surface area contributed by atoms with Crippen LogP contribution in [0.2, 0.25) is 10.0 Å². The highest BCUT2D eigenvalue weighted by atomic mass is 35.5. The summed E-state index contributed by atoms with van der Waals surface area (Å²) >= 11 is 12.4. The Hall–Kier alpha value is -2.81. The molecule has 0 radical (unpaired) electrons. The van der Waals surface area contributed by atoms with Gasteiger partial charge in [-0.2, -0.15) is 0 Å². The lowest BCUT2D eigenvalue weighted by atomic mass is 10.1. The second-order valence-electron chi connectivity index (χ2n) is 9.41. The van der Waals surface area contributed by atoms with E-state index in [0.29, 0.717) is 26.7 Å². The first-order chi connectivity index (χ1) is 17.5. The van der Waals surface area contributed by atoms with Crippen LogP contribution < -0.4 is 9.62 Å². The van der Waals surface area contributed by atoms with Gasteiger partial charge in [0.25, 0.3) is 10.0 Å². The molecule has 1 N–H and O–H groups in total. The normalized spacial score (nSPS) is 14.7. The van der Waals surface area contributed by atoms with Crippen molar-refractivity contribution in [3.05, 3.63) is 70.2 Å². The Kier molecular flexibility index (Phi) is 8.02. The van der Waals surface area contributed by atoms with Crippen molar-refractivity contribution in [3.8, 4) is 0 Å². The summed E-state index contributed by atoms with van der Waals surface area (Å²) in [6.07, 6.45) is 0.342. The number of carbonyl (C=O) groups excluding carboxylic acids is 2. The Morgan fingerprint density at radius 2 is 1.73 bits per heavy atom. The van der Waals surface area contributed by atoms with Crippen molar-refractivity contribution >= 4 is 61.5 Å². The van der Waals surface area contributed by atoms with E-state index in [0.717, 1.165) is 5.39 Å². The quantitative estimate of drug-likeness (QED) is 0.380. The summed E-state index contributed by atoms with van der Waals surface area (Å²) < 4.78 is 27.8. The standard InChI is InChI=1S/C27H29Cl2N3O4S/c1-17(2)30-27(34)18(3)31(16-20-12-13-21(28)15-22(20)29)25(33)11-6-14-32-23-9-4-7-19-8-5-10-24(26(19)23)37(32,35)36/h4-5,7-10,12-13,15,17-18H,6,11,14,16H2,1-3H3,(H,30,34)/t18-/m1/s1. The molecule has 37 heavy (non-hydrogen) atoms. The molecule has 3 aromatic rings. The fraction of sp³-hybridized carbons (Fsp3) is 0.333. The highest BCUT2D eigenvalue weighted by Crippen LogP contribution is 2.42. The maximum Gasteiger partial charge on any atom is 0.265 e. The van der Waals surface area contributed by atoms with Crippen LogP contribution in [0.25, 0.3) is 10.8 Å². The molecule has 0 fully saturated rings. The van der Waals surface area contributed by atoms with Gasteiger partial charge in [-0.3, -0.25) is 13.9 Å². The Labute approximate surface area is 227 Å². The molecule has 10 heteroatoms. The van der Waals surface area contributed by atoms with Crippen molar-refractivity contribution in [1.82, 2.24) is 10.2 Å². The summed E-state index contributed by atoms with van der Waals surface area (Å²) in [4.78, 5) is 27.9. The second kappa shape index (κ2) is 10.9. The molecular formula is C27H29Cl2N3O4S. The van der Waals surface area contributed by atoms with Crippen molar-refractivity contribution in [3.63, 3.8) is 0 Å². The molecule has 0 aliphatic carbocycles. The molecule has 0 saturated heterocycles. The molecule has 0 unspecified atom stereocenters. The number of nitrogens with zero attached hydrogens (tertiary/aromatic N) is 2. The van der Waals surface area contributed by atoms with Crippen LogP contribution in [0.15, 0.2) is 59.5 Å². The number of benzene rings is 3. The molecule has 4 rings (SSSR count). The minimum atomic E-state index is -3.70. The van der Waals surface area contributed by atoms with Gasteiger partial charge >= 0.3 is 0 Å². The van der Waals surface area contributed by atoms with E-state index in [1.807, 2.05) is 32.0 Å². The SMILES string of the molecule is CC(C)NC(=O)[C@@H](C)N(Cc1ccc(Cl)cc1Cl)C(=O)CCCN1c2cccc3cccc(c23)S1(=O)=O. The lowest BCUT2D eigenvalue weighted by Gasteiger charge is -2.30. The number of nitrogens with one attached hydrogen (secondary N) is 1. The predicted octanol–water partition coefficient (Wildman–Crippen LogP) is 5.38. The number of halogens is 2. The predicted molar refractivity (Wildman–Crippen MR) is 147 cm³/mol. The lowest BCUT2D eigenvalue weighted by molar-refractivity contribution is -0.140. The summed E-state index contributed by atoms with van der Waals surface area (Å²) in [5.74, 6) is -0.553. The highest BCUT2D eigenvalue weighted by molar-refractivity contribution is 7.93. The monoisotopic (exact) mass is 561 g/mol. The van der Waals surface area contributed by atoms with Crippen LogP contribution in [0, 0.1) is 0 Å². The maximum atomic E-state index is 13.4. The van der Waals surface area contributed by atoms with E-state index in [2.05, 4.69) is 5.32 Å². The summed E-state index contributed by atoms with van der Waals surface area (Å²) in [5.41, 5.74) is 1.28. The number of carbonyl (C=O) groups is 2. The van der Waals surface area contributed by atoms with Crippen LogP contribution in [0.3, 0.4) is 0 Å². The zero-order valence-electron chi connectivity index (χ0n) is 20.9. The lowest BCUT2D eigenvalue weighted by Crippen LogP contribution is -2.49. The van der Waals surface area contributed by atoms with E-state index in [-0.39, 0.29) is 48.7 Å². The zero-order valence-corrected chi connectivity index (χ0v) is 23.2. The molecule has 1 heterocycles. The van der Waals surface area contributed by atoms with Gasteiger partial charge < -0.3 is 10.2 Å². The smallest absolute Gasteiger partial charge is 0.265 e. The number of hydrogen-bond donors (Lipinski definition) is 1. The number of anilines is 1. The summed E-state index contributed by atoms with van der Waals surface area (Å²) in [5, 5.41) is 5.27. The molecule has 0 aromatic heterocycles. The molecule has 7 nitrogen and oxygen atoms in total. The molecule has 0 saturated carbocycles. The van der Waals surface area contributed by atoms with E-state index in [9.17, 15) is 18.0 Å². The van der Waals surface area contributed by atoms with E-state index in [4.69, 9.17) is 23.2 Å². The van der Waals surface area contributed by atoms with E-state index >= 15 is 0 Å². The molecule has 1 aliphatic rings. The summed E-state index contributed by atoms with van der Waals surface area (Å²) in [6.45, 7) is 5.63. The molecule has 196 valence electrons. The van der Waals surface area contributed by atoms with Crippen LogP contribution in [0.5, 0.6) is 0 Å². The van der Waals surface area contributed by atoms with Crippen molar-refractivity contribution in [2.75, 3.05) is 10.8 Å². The minimum absolute atomic E-state index is 0.0584. The van der Waals surface area contributed by atoms with Crippen LogP contribution >= 0.6 is 23.2 Å². The third kappa shape index (κ3) is 5.56.